The molecule has 3 amide bonds. The number of ether oxygens (including phenoxy) is 2. The van der Waals surface area contributed by atoms with E-state index in [2.05, 4.69) is 20.7 Å². The fourth-order valence-corrected chi connectivity index (χ4v) is 2.42. The van der Waals surface area contributed by atoms with Crippen LogP contribution in [0.5, 0.6) is 0 Å². The number of benzene rings is 1. The Morgan fingerprint density at radius 2 is 1.60 bits per heavy atom. The number of amides is 3. The Balaban J connectivity index is 2.53. The van der Waals surface area contributed by atoms with E-state index < -0.39 is 29.8 Å². The van der Waals surface area contributed by atoms with Crippen LogP contribution in [0.3, 0.4) is 0 Å². The van der Waals surface area contributed by atoms with Crippen LogP contribution in [0, 0.1) is 0 Å². The van der Waals surface area contributed by atoms with E-state index in [1.54, 1.807) is 45.0 Å². The second kappa shape index (κ2) is 11.6. The summed E-state index contributed by atoms with van der Waals surface area (Å²) in [5, 5.41) is 16.6. The fourth-order valence-electron chi connectivity index (χ4n) is 2.42. The first kappa shape index (κ1) is 24.7. The van der Waals surface area contributed by atoms with E-state index in [9.17, 15) is 19.2 Å². The Bertz CT molecular complexity index is 759. The van der Waals surface area contributed by atoms with E-state index in [-0.39, 0.29) is 18.7 Å². The Morgan fingerprint density at radius 3 is 2.13 bits per heavy atom. The minimum atomic E-state index is -1.17. The lowest BCUT2D eigenvalue weighted by Gasteiger charge is -2.20. The monoisotopic (exact) mass is 423 g/mol. The van der Waals surface area contributed by atoms with E-state index in [1.165, 1.54) is 0 Å². The molecule has 10 nitrogen and oxygen atoms in total. The number of unbranched alkanes of at least 4 members (excludes halogenated alkanes) is 1. The van der Waals surface area contributed by atoms with Gasteiger partial charge in [-0.25, -0.2) is 14.4 Å². The largest absolute Gasteiger partial charge is 0.480 e. The zero-order chi connectivity index (χ0) is 22.7. The van der Waals surface area contributed by atoms with Gasteiger partial charge in [-0.15, -0.1) is 0 Å². The molecule has 1 atom stereocenters. The number of hydrogen-bond donors (Lipinski definition) is 4. The number of rotatable bonds is 9. The summed E-state index contributed by atoms with van der Waals surface area (Å²) >= 11 is 0. The average Bonchev–Trinajstić information content (AvgIpc) is 2.63. The van der Waals surface area contributed by atoms with Gasteiger partial charge in [0.25, 0.3) is 0 Å². The third-order valence-corrected chi connectivity index (χ3v) is 3.76. The van der Waals surface area contributed by atoms with Gasteiger partial charge in [0.1, 0.15) is 11.6 Å². The van der Waals surface area contributed by atoms with Crippen LogP contribution in [0.1, 0.15) is 46.5 Å². The molecule has 0 aromatic heterocycles. The molecule has 0 heterocycles. The number of para-hydroxylation sites is 2. The number of anilines is 2. The van der Waals surface area contributed by atoms with Crippen molar-refractivity contribution in [2.75, 3.05) is 17.7 Å². The van der Waals surface area contributed by atoms with E-state index in [4.69, 9.17) is 9.84 Å². The van der Waals surface area contributed by atoms with Crippen LogP contribution in [0.25, 0.3) is 0 Å². The predicted octanol–water partition coefficient (Wildman–Crippen LogP) is 3.34. The van der Waals surface area contributed by atoms with Gasteiger partial charge in [-0.1, -0.05) is 18.6 Å². The maximum atomic E-state index is 12.2. The van der Waals surface area contributed by atoms with Gasteiger partial charge >= 0.3 is 18.2 Å². The maximum absolute atomic E-state index is 12.2. The molecule has 0 aliphatic carbocycles. The molecule has 0 saturated heterocycles. The zero-order valence-corrected chi connectivity index (χ0v) is 17.6. The van der Waals surface area contributed by atoms with Gasteiger partial charge in [-0.3, -0.25) is 10.1 Å². The average molecular weight is 423 g/mol. The van der Waals surface area contributed by atoms with Crippen LogP contribution in [-0.4, -0.2) is 47.9 Å². The van der Waals surface area contributed by atoms with Crippen LogP contribution >= 0.6 is 0 Å². The molecule has 30 heavy (non-hydrogen) atoms. The Morgan fingerprint density at radius 1 is 1.00 bits per heavy atom. The molecule has 1 aromatic rings. The van der Waals surface area contributed by atoms with Crippen molar-refractivity contribution < 1.29 is 33.8 Å². The summed E-state index contributed by atoms with van der Waals surface area (Å²) in [5.41, 5.74) is 0.163. The molecule has 0 saturated carbocycles. The minimum absolute atomic E-state index is 0.144. The molecule has 10 heteroatoms. The van der Waals surface area contributed by atoms with Crippen LogP contribution < -0.4 is 16.0 Å². The number of alkyl carbamates (subject to hydrolysis) is 1. The van der Waals surface area contributed by atoms with Crippen molar-refractivity contribution in [2.45, 2.75) is 58.1 Å². The molecular formula is C20H29N3O7. The molecule has 1 unspecified atom stereocenters. The Hall–Kier alpha value is -3.30. The van der Waals surface area contributed by atoms with Crippen LogP contribution in [0.4, 0.5) is 21.0 Å². The Labute approximate surface area is 175 Å². The minimum Gasteiger partial charge on any atom is -0.480 e. The van der Waals surface area contributed by atoms with Gasteiger partial charge in [0, 0.05) is 6.42 Å². The van der Waals surface area contributed by atoms with Gasteiger partial charge in [-0.05, 0) is 45.7 Å². The predicted molar refractivity (Wildman–Crippen MR) is 110 cm³/mol. The molecule has 0 radical (unpaired) electrons. The van der Waals surface area contributed by atoms with Crippen LogP contribution in [0.15, 0.2) is 24.3 Å². The smallest absolute Gasteiger partial charge is 0.412 e. The molecule has 0 fully saturated rings. The number of carbonyl (C=O) groups excluding carboxylic acids is 3. The topological polar surface area (TPSA) is 143 Å². The number of hydrogen-bond acceptors (Lipinski definition) is 6. The number of carboxylic acids is 1. The lowest BCUT2D eigenvalue weighted by atomic mass is 10.1. The Kier molecular flexibility index (Phi) is 9.60. The third kappa shape index (κ3) is 9.76. The second-order valence-electron chi connectivity index (χ2n) is 7.49. The second-order valence-corrected chi connectivity index (χ2v) is 7.49. The number of methoxy groups -OCH3 is 1. The first-order valence-electron chi connectivity index (χ1n) is 9.48. The molecule has 1 rings (SSSR count). The molecule has 166 valence electrons. The third-order valence-electron chi connectivity index (χ3n) is 3.76. The molecule has 4 N–H and O–H groups in total. The quantitative estimate of drug-likeness (QED) is 0.446. The normalized spacial score (nSPS) is 11.7. The van der Waals surface area contributed by atoms with Crippen LogP contribution in [-0.2, 0) is 19.1 Å². The summed E-state index contributed by atoms with van der Waals surface area (Å²) in [4.78, 5) is 46.5. The van der Waals surface area contributed by atoms with Gasteiger partial charge in [-0.2, -0.15) is 0 Å². The van der Waals surface area contributed by atoms with E-state index in [0.29, 0.717) is 24.2 Å². The van der Waals surface area contributed by atoms with Crippen molar-refractivity contribution in [1.29, 1.82) is 0 Å². The molecule has 0 spiro atoms. The SMILES string of the molecule is COC(=O)NC(CCCCC(=O)Nc1ccccc1NC(=O)OC(C)(C)C)C(=O)O. The van der Waals surface area contributed by atoms with Crippen molar-refractivity contribution in [2.24, 2.45) is 0 Å². The van der Waals surface area contributed by atoms with Gasteiger partial charge < -0.3 is 25.2 Å². The zero-order valence-electron chi connectivity index (χ0n) is 17.6. The summed E-state index contributed by atoms with van der Waals surface area (Å²) < 4.78 is 9.60. The van der Waals surface area contributed by atoms with Crippen molar-refractivity contribution in [3.05, 3.63) is 24.3 Å². The summed E-state index contributed by atoms with van der Waals surface area (Å²) in [5.74, 6) is -1.46. The van der Waals surface area contributed by atoms with Crippen LogP contribution in [0.2, 0.25) is 0 Å². The summed E-state index contributed by atoms with van der Waals surface area (Å²) in [6.45, 7) is 5.24. The molecule has 0 bridgehead atoms. The molecule has 0 aliphatic rings. The van der Waals surface area contributed by atoms with E-state index in [1.807, 2.05) is 0 Å². The van der Waals surface area contributed by atoms with Gasteiger partial charge in [0.15, 0.2) is 0 Å². The van der Waals surface area contributed by atoms with Crippen molar-refractivity contribution in [1.82, 2.24) is 5.32 Å². The number of carbonyl (C=O) groups is 4. The summed E-state index contributed by atoms with van der Waals surface area (Å²) in [7, 11) is 1.15. The molecule has 0 aliphatic heterocycles. The van der Waals surface area contributed by atoms with E-state index >= 15 is 0 Å². The number of aliphatic carboxylic acids is 1. The first-order chi connectivity index (χ1) is 14.0. The maximum Gasteiger partial charge on any atom is 0.412 e. The standard InChI is InChI=1S/C20H29N3O7/c1-20(2,3)30-19(28)22-14-10-6-5-9-13(14)21-16(24)12-8-7-11-15(17(25)26)23-18(27)29-4/h5-6,9-10,15H,7-8,11-12H2,1-4H3,(H,21,24)(H,22,28)(H,23,27)(H,25,26). The number of carboxylic acid groups (broad SMARTS) is 1. The lowest BCUT2D eigenvalue weighted by Crippen LogP contribution is -2.40. The molecule has 1 aromatic carbocycles. The lowest BCUT2D eigenvalue weighted by molar-refractivity contribution is -0.139. The highest BCUT2D eigenvalue weighted by Gasteiger charge is 2.20. The highest BCUT2D eigenvalue weighted by atomic mass is 16.6. The van der Waals surface area contributed by atoms with Gasteiger partial charge in [0.05, 0.1) is 18.5 Å². The summed E-state index contributed by atoms with van der Waals surface area (Å²) in [6, 6.07) is 5.62. The van der Waals surface area contributed by atoms with Crippen molar-refractivity contribution in [3.8, 4) is 0 Å². The highest BCUT2D eigenvalue weighted by molar-refractivity contribution is 5.97. The number of nitrogens with one attached hydrogen (secondary N) is 3. The van der Waals surface area contributed by atoms with Crippen molar-refractivity contribution >= 4 is 35.4 Å². The summed E-state index contributed by atoms with van der Waals surface area (Å²) in [6.07, 6.45) is -0.331. The highest BCUT2D eigenvalue weighted by Crippen LogP contribution is 2.22. The van der Waals surface area contributed by atoms with Gasteiger partial charge in [0.2, 0.25) is 5.91 Å². The van der Waals surface area contributed by atoms with E-state index in [0.717, 1.165) is 7.11 Å². The molecular weight excluding hydrogens is 394 g/mol. The van der Waals surface area contributed by atoms with Crippen molar-refractivity contribution in [3.63, 3.8) is 0 Å². The first-order valence-corrected chi connectivity index (χ1v) is 9.48. The fraction of sp³-hybridized carbons (Fsp3) is 0.500.